The number of amides is 1. The Labute approximate surface area is 145 Å². The second kappa shape index (κ2) is 7.97. The molecule has 1 N–H and O–H groups in total. The molecule has 1 aromatic carbocycles. The fraction of sp³-hybridized carbons (Fsp3) is 0.333. The highest BCUT2D eigenvalue weighted by atomic mass is 32.1. The summed E-state index contributed by atoms with van der Waals surface area (Å²) >= 11 is 1.22. The van der Waals surface area contributed by atoms with Crippen molar-refractivity contribution in [3.05, 3.63) is 45.6 Å². The number of carbonyl (C=O) groups is 2. The van der Waals surface area contributed by atoms with E-state index < -0.39 is 5.97 Å². The van der Waals surface area contributed by atoms with E-state index in [1.807, 2.05) is 25.1 Å². The lowest BCUT2D eigenvalue weighted by atomic mass is 10.0. The van der Waals surface area contributed by atoms with Gasteiger partial charge >= 0.3 is 5.97 Å². The minimum Gasteiger partial charge on any atom is -0.483 e. The SMILES string of the molecule is COC(=O)c1sccc1NC(=O)COc1cc(C)ccc1C(C)C. The van der Waals surface area contributed by atoms with Gasteiger partial charge in [-0.2, -0.15) is 0 Å². The lowest BCUT2D eigenvalue weighted by Crippen LogP contribution is -2.21. The molecular formula is C18H21NO4S. The number of methoxy groups -OCH3 is 1. The third kappa shape index (κ3) is 4.35. The quantitative estimate of drug-likeness (QED) is 0.803. The molecule has 0 aliphatic carbocycles. The van der Waals surface area contributed by atoms with Crippen LogP contribution in [0, 0.1) is 6.92 Å². The van der Waals surface area contributed by atoms with Gasteiger partial charge in [0, 0.05) is 0 Å². The Morgan fingerprint density at radius 3 is 2.67 bits per heavy atom. The topological polar surface area (TPSA) is 64.6 Å². The molecule has 1 aromatic heterocycles. The van der Waals surface area contributed by atoms with Gasteiger partial charge in [-0.15, -0.1) is 11.3 Å². The summed E-state index contributed by atoms with van der Waals surface area (Å²) in [6.45, 7) is 6.00. The predicted molar refractivity (Wildman–Crippen MR) is 95.1 cm³/mol. The van der Waals surface area contributed by atoms with Gasteiger partial charge < -0.3 is 14.8 Å². The number of rotatable bonds is 6. The van der Waals surface area contributed by atoms with E-state index in [9.17, 15) is 9.59 Å². The molecule has 0 spiro atoms. The van der Waals surface area contributed by atoms with Crippen molar-refractivity contribution in [3.63, 3.8) is 0 Å². The highest BCUT2D eigenvalue weighted by Gasteiger charge is 2.16. The van der Waals surface area contributed by atoms with Crippen LogP contribution in [0.1, 0.15) is 40.6 Å². The smallest absolute Gasteiger partial charge is 0.350 e. The van der Waals surface area contributed by atoms with Crippen LogP contribution in [0.5, 0.6) is 5.75 Å². The third-order valence-corrected chi connectivity index (χ3v) is 4.35. The molecule has 0 aliphatic rings. The Kier molecular flexibility index (Phi) is 5.98. The number of anilines is 1. The number of carbonyl (C=O) groups excluding carboxylic acids is 2. The molecule has 1 heterocycles. The van der Waals surface area contributed by atoms with Crippen LogP contribution in [0.2, 0.25) is 0 Å². The number of nitrogens with one attached hydrogen (secondary N) is 1. The molecule has 0 aliphatic heterocycles. The maximum atomic E-state index is 12.1. The van der Waals surface area contributed by atoms with Crippen molar-refractivity contribution in [2.24, 2.45) is 0 Å². The Morgan fingerprint density at radius 2 is 2.00 bits per heavy atom. The summed E-state index contributed by atoms with van der Waals surface area (Å²) in [5.41, 5.74) is 2.56. The van der Waals surface area contributed by atoms with Gasteiger partial charge in [0.05, 0.1) is 12.8 Å². The normalized spacial score (nSPS) is 10.5. The molecule has 5 nitrogen and oxygen atoms in total. The van der Waals surface area contributed by atoms with Crippen molar-refractivity contribution in [2.75, 3.05) is 19.0 Å². The number of esters is 1. The molecule has 0 radical (unpaired) electrons. The average molecular weight is 347 g/mol. The standard InChI is InChI=1S/C18H21NO4S/c1-11(2)13-6-5-12(3)9-15(13)23-10-16(20)19-14-7-8-24-17(14)18(21)22-4/h5-9,11H,10H2,1-4H3,(H,19,20). The van der Waals surface area contributed by atoms with E-state index in [0.717, 1.165) is 11.1 Å². The molecule has 1 amide bonds. The summed E-state index contributed by atoms with van der Waals surface area (Å²) in [5, 5.41) is 4.41. The first-order chi connectivity index (χ1) is 11.4. The van der Waals surface area contributed by atoms with Gasteiger partial charge in [-0.1, -0.05) is 26.0 Å². The molecule has 6 heteroatoms. The van der Waals surface area contributed by atoms with E-state index >= 15 is 0 Å². The van der Waals surface area contributed by atoms with E-state index in [1.54, 1.807) is 11.4 Å². The predicted octanol–water partition coefficient (Wildman–Crippen LogP) is 3.98. The van der Waals surface area contributed by atoms with E-state index in [0.29, 0.717) is 22.2 Å². The van der Waals surface area contributed by atoms with Gasteiger partial charge in [0.15, 0.2) is 6.61 Å². The second-order valence-corrected chi connectivity index (χ2v) is 6.60. The average Bonchev–Trinajstić information content (AvgIpc) is 3.00. The molecule has 2 rings (SSSR count). The summed E-state index contributed by atoms with van der Waals surface area (Å²) < 4.78 is 10.4. The van der Waals surface area contributed by atoms with Crippen LogP contribution in [-0.2, 0) is 9.53 Å². The van der Waals surface area contributed by atoms with Crippen LogP contribution < -0.4 is 10.1 Å². The molecule has 0 fully saturated rings. The van der Waals surface area contributed by atoms with Crippen LogP contribution in [0.4, 0.5) is 5.69 Å². The zero-order valence-electron chi connectivity index (χ0n) is 14.2. The van der Waals surface area contributed by atoms with Gasteiger partial charge in [-0.3, -0.25) is 4.79 Å². The summed E-state index contributed by atoms with van der Waals surface area (Å²) in [4.78, 5) is 24.1. The molecule has 0 saturated heterocycles. The van der Waals surface area contributed by atoms with Crippen molar-refractivity contribution >= 4 is 28.9 Å². The van der Waals surface area contributed by atoms with E-state index in [-0.39, 0.29) is 12.5 Å². The molecule has 2 aromatic rings. The highest BCUT2D eigenvalue weighted by molar-refractivity contribution is 7.12. The number of aryl methyl sites for hydroxylation is 1. The Bertz CT molecular complexity index is 736. The Balaban J connectivity index is 2.03. The first-order valence-corrected chi connectivity index (χ1v) is 8.49. The zero-order valence-corrected chi connectivity index (χ0v) is 15.0. The maximum Gasteiger partial charge on any atom is 0.350 e. The minimum atomic E-state index is -0.470. The summed E-state index contributed by atoms with van der Waals surface area (Å²) in [5.74, 6) is 0.210. The maximum absolute atomic E-state index is 12.1. The largest absolute Gasteiger partial charge is 0.483 e. The second-order valence-electron chi connectivity index (χ2n) is 5.69. The summed E-state index contributed by atoms with van der Waals surface area (Å²) in [6, 6.07) is 7.63. The van der Waals surface area contributed by atoms with Crippen LogP contribution in [0.15, 0.2) is 29.6 Å². The highest BCUT2D eigenvalue weighted by Crippen LogP contribution is 2.28. The Morgan fingerprint density at radius 1 is 1.25 bits per heavy atom. The molecule has 128 valence electrons. The summed E-state index contributed by atoms with van der Waals surface area (Å²) in [6.07, 6.45) is 0. The van der Waals surface area contributed by atoms with Crippen LogP contribution in [0.3, 0.4) is 0 Å². The Hall–Kier alpha value is -2.34. The molecule has 24 heavy (non-hydrogen) atoms. The van der Waals surface area contributed by atoms with Crippen molar-refractivity contribution in [1.29, 1.82) is 0 Å². The van der Waals surface area contributed by atoms with E-state index in [2.05, 4.69) is 19.2 Å². The van der Waals surface area contributed by atoms with Gasteiger partial charge in [0.1, 0.15) is 10.6 Å². The zero-order chi connectivity index (χ0) is 17.7. The molecule has 0 atom stereocenters. The van der Waals surface area contributed by atoms with Crippen molar-refractivity contribution in [1.82, 2.24) is 0 Å². The fourth-order valence-corrected chi connectivity index (χ4v) is 3.00. The van der Waals surface area contributed by atoms with E-state index in [1.165, 1.54) is 18.4 Å². The van der Waals surface area contributed by atoms with E-state index in [4.69, 9.17) is 9.47 Å². The third-order valence-electron chi connectivity index (χ3n) is 3.46. The van der Waals surface area contributed by atoms with Gasteiger partial charge in [-0.25, -0.2) is 4.79 Å². The summed E-state index contributed by atoms with van der Waals surface area (Å²) in [7, 11) is 1.31. The van der Waals surface area contributed by atoms with Crippen molar-refractivity contribution in [2.45, 2.75) is 26.7 Å². The molecular weight excluding hydrogens is 326 g/mol. The lowest BCUT2D eigenvalue weighted by Gasteiger charge is -2.14. The lowest BCUT2D eigenvalue weighted by molar-refractivity contribution is -0.118. The van der Waals surface area contributed by atoms with Gasteiger partial charge in [0.25, 0.3) is 5.91 Å². The molecule has 0 saturated carbocycles. The van der Waals surface area contributed by atoms with Crippen LogP contribution >= 0.6 is 11.3 Å². The number of thiophene rings is 1. The monoisotopic (exact) mass is 347 g/mol. The molecule has 0 bridgehead atoms. The van der Waals surface area contributed by atoms with Gasteiger partial charge in [-0.05, 0) is 41.5 Å². The number of hydrogen-bond acceptors (Lipinski definition) is 5. The van der Waals surface area contributed by atoms with Gasteiger partial charge in [0.2, 0.25) is 0 Å². The number of benzene rings is 1. The fourth-order valence-electron chi connectivity index (χ4n) is 2.23. The van der Waals surface area contributed by atoms with Crippen molar-refractivity contribution in [3.8, 4) is 5.75 Å². The number of hydrogen-bond donors (Lipinski definition) is 1. The van der Waals surface area contributed by atoms with Crippen LogP contribution in [-0.4, -0.2) is 25.6 Å². The number of ether oxygens (including phenoxy) is 2. The van der Waals surface area contributed by atoms with Crippen molar-refractivity contribution < 1.29 is 19.1 Å². The van der Waals surface area contributed by atoms with Crippen LogP contribution in [0.25, 0.3) is 0 Å². The molecule has 0 unspecified atom stereocenters. The minimum absolute atomic E-state index is 0.125. The first kappa shape index (κ1) is 18.0. The first-order valence-electron chi connectivity index (χ1n) is 7.61.